The molecule has 1 aliphatic rings. The van der Waals surface area contributed by atoms with Crippen LogP contribution in [0.2, 0.25) is 0 Å². The van der Waals surface area contributed by atoms with Gasteiger partial charge >= 0.3 is 0 Å². The average Bonchev–Trinajstić information content (AvgIpc) is 3.18. The van der Waals surface area contributed by atoms with Crippen LogP contribution in [0.5, 0.6) is 0 Å². The molecule has 0 radical (unpaired) electrons. The summed E-state index contributed by atoms with van der Waals surface area (Å²) in [5.74, 6) is 0.747. The quantitative estimate of drug-likeness (QED) is 0.803. The molecule has 0 saturated heterocycles. The van der Waals surface area contributed by atoms with Crippen LogP contribution in [-0.4, -0.2) is 24.6 Å². The third-order valence-electron chi connectivity index (χ3n) is 3.50. The molecule has 18 heavy (non-hydrogen) atoms. The fourth-order valence-electron chi connectivity index (χ4n) is 2.02. The molecule has 1 N–H and O–H groups in total. The predicted octanol–water partition coefficient (Wildman–Crippen LogP) is 2.82. The van der Waals surface area contributed by atoms with E-state index in [0.29, 0.717) is 0 Å². The van der Waals surface area contributed by atoms with Gasteiger partial charge in [-0.25, -0.2) is 0 Å². The second kappa shape index (κ2) is 6.19. The minimum absolute atomic E-state index is 0.747. The summed E-state index contributed by atoms with van der Waals surface area (Å²) in [5, 5.41) is 3.58. The Morgan fingerprint density at radius 1 is 1.44 bits per heavy atom. The van der Waals surface area contributed by atoms with Gasteiger partial charge in [0, 0.05) is 32.4 Å². The Hall–Kier alpha value is -1.09. The van der Waals surface area contributed by atoms with Crippen LogP contribution >= 0.6 is 0 Å². The van der Waals surface area contributed by atoms with Gasteiger partial charge in [-0.3, -0.25) is 4.98 Å². The summed E-state index contributed by atoms with van der Waals surface area (Å²) in [6, 6.07) is 2.89. The summed E-state index contributed by atoms with van der Waals surface area (Å²) < 4.78 is 0. The Balaban J connectivity index is 1.95. The first-order chi connectivity index (χ1) is 8.66. The first-order valence-electron chi connectivity index (χ1n) is 7.04. The van der Waals surface area contributed by atoms with Gasteiger partial charge in [-0.2, -0.15) is 0 Å². The van der Waals surface area contributed by atoms with E-state index in [4.69, 9.17) is 0 Å². The predicted molar refractivity (Wildman–Crippen MR) is 76.8 cm³/mol. The number of nitrogens with one attached hydrogen (secondary N) is 1. The van der Waals surface area contributed by atoms with Crippen LogP contribution in [0.1, 0.15) is 38.7 Å². The van der Waals surface area contributed by atoms with Crippen molar-refractivity contribution in [3.63, 3.8) is 0 Å². The third kappa shape index (κ3) is 3.98. The summed E-state index contributed by atoms with van der Waals surface area (Å²) in [4.78, 5) is 6.60. The highest BCUT2D eigenvalue weighted by atomic mass is 15.1. The molecule has 1 aromatic rings. The van der Waals surface area contributed by atoms with Crippen LogP contribution < -0.4 is 10.2 Å². The van der Waals surface area contributed by atoms with Crippen LogP contribution in [0.4, 0.5) is 5.69 Å². The molecule has 0 aliphatic heterocycles. The Bertz CT molecular complexity index is 372. The lowest BCUT2D eigenvalue weighted by Crippen LogP contribution is -2.23. The molecule has 0 aromatic carbocycles. The van der Waals surface area contributed by atoms with Crippen molar-refractivity contribution in [2.75, 3.05) is 18.5 Å². The maximum atomic E-state index is 4.27. The van der Waals surface area contributed by atoms with Gasteiger partial charge in [0.1, 0.15) is 0 Å². The summed E-state index contributed by atoms with van der Waals surface area (Å²) in [5.41, 5.74) is 2.63. The molecule has 0 unspecified atom stereocenters. The van der Waals surface area contributed by atoms with E-state index in [2.05, 4.69) is 42.2 Å². The van der Waals surface area contributed by atoms with Crippen molar-refractivity contribution >= 4 is 5.69 Å². The minimum Gasteiger partial charge on any atom is -0.373 e. The number of aromatic nitrogens is 1. The molecule has 0 atom stereocenters. The first kappa shape index (κ1) is 13.3. The zero-order chi connectivity index (χ0) is 13.0. The Morgan fingerprint density at radius 2 is 2.22 bits per heavy atom. The SMILES string of the molecule is CC(C)CCN(C)c1cnccc1CNC1CC1. The molecule has 1 heterocycles. The summed E-state index contributed by atoms with van der Waals surface area (Å²) in [6.07, 6.45) is 7.78. The molecule has 0 amide bonds. The molecule has 100 valence electrons. The molecule has 0 spiro atoms. The van der Waals surface area contributed by atoms with E-state index in [1.165, 1.54) is 30.5 Å². The van der Waals surface area contributed by atoms with E-state index >= 15 is 0 Å². The molecule has 3 heteroatoms. The minimum atomic E-state index is 0.747. The molecule has 1 aliphatic carbocycles. The number of rotatable bonds is 7. The van der Waals surface area contributed by atoms with Crippen LogP contribution in [0.25, 0.3) is 0 Å². The van der Waals surface area contributed by atoms with Crippen LogP contribution in [0, 0.1) is 5.92 Å². The van der Waals surface area contributed by atoms with Crippen molar-refractivity contribution in [1.29, 1.82) is 0 Å². The highest BCUT2D eigenvalue weighted by Gasteiger charge is 2.20. The van der Waals surface area contributed by atoms with Gasteiger partial charge in [-0.15, -0.1) is 0 Å². The Labute approximate surface area is 111 Å². The number of anilines is 1. The fourth-order valence-corrected chi connectivity index (χ4v) is 2.02. The maximum Gasteiger partial charge on any atom is 0.0595 e. The molecule has 1 saturated carbocycles. The van der Waals surface area contributed by atoms with E-state index in [9.17, 15) is 0 Å². The third-order valence-corrected chi connectivity index (χ3v) is 3.50. The first-order valence-corrected chi connectivity index (χ1v) is 7.04. The van der Waals surface area contributed by atoms with Crippen molar-refractivity contribution < 1.29 is 0 Å². The lowest BCUT2D eigenvalue weighted by Gasteiger charge is -2.23. The van der Waals surface area contributed by atoms with Gasteiger partial charge in [0.15, 0.2) is 0 Å². The van der Waals surface area contributed by atoms with Crippen molar-refractivity contribution in [2.45, 2.75) is 45.7 Å². The van der Waals surface area contributed by atoms with E-state index in [0.717, 1.165) is 25.0 Å². The zero-order valence-corrected chi connectivity index (χ0v) is 11.8. The molecular weight excluding hydrogens is 222 g/mol. The highest BCUT2D eigenvalue weighted by molar-refractivity contribution is 5.50. The topological polar surface area (TPSA) is 28.2 Å². The number of pyridine rings is 1. The standard InChI is InChI=1S/C15H25N3/c1-12(2)7-9-18(3)15-11-16-8-6-13(15)10-17-14-4-5-14/h6,8,11-12,14,17H,4-5,7,9-10H2,1-3H3. The summed E-state index contributed by atoms with van der Waals surface area (Å²) >= 11 is 0. The van der Waals surface area contributed by atoms with Crippen LogP contribution in [0.3, 0.4) is 0 Å². The van der Waals surface area contributed by atoms with Crippen molar-refractivity contribution in [3.8, 4) is 0 Å². The highest BCUT2D eigenvalue weighted by Crippen LogP contribution is 2.22. The second-order valence-electron chi connectivity index (χ2n) is 5.76. The molecular formula is C15H25N3. The zero-order valence-electron chi connectivity index (χ0n) is 11.8. The van der Waals surface area contributed by atoms with E-state index in [1.54, 1.807) is 0 Å². The van der Waals surface area contributed by atoms with Gasteiger partial charge in [0.2, 0.25) is 0 Å². The number of hydrogen-bond donors (Lipinski definition) is 1. The van der Waals surface area contributed by atoms with Crippen molar-refractivity contribution in [2.24, 2.45) is 5.92 Å². The lowest BCUT2D eigenvalue weighted by atomic mass is 10.1. The van der Waals surface area contributed by atoms with Gasteiger partial charge in [-0.05, 0) is 36.8 Å². The molecule has 1 aromatic heterocycles. The number of hydrogen-bond acceptors (Lipinski definition) is 3. The Morgan fingerprint density at radius 3 is 2.89 bits per heavy atom. The summed E-state index contributed by atoms with van der Waals surface area (Å²) in [6.45, 7) is 6.60. The molecule has 0 bridgehead atoms. The average molecular weight is 247 g/mol. The number of nitrogens with zero attached hydrogens (tertiary/aromatic N) is 2. The molecule has 2 rings (SSSR count). The smallest absolute Gasteiger partial charge is 0.0595 e. The van der Waals surface area contributed by atoms with Crippen LogP contribution in [-0.2, 0) is 6.54 Å². The van der Waals surface area contributed by atoms with E-state index in [1.807, 2.05) is 12.4 Å². The maximum absolute atomic E-state index is 4.27. The van der Waals surface area contributed by atoms with E-state index in [-0.39, 0.29) is 0 Å². The second-order valence-corrected chi connectivity index (χ2v) is 5.76. The Kier molecular flexibility index (Phi) is 4.59. The molecule has 1 fully saturated rings. The van der Waals surface area contributed by atoms with Crippen molar-refractivity contribution in [3.05, 3.63) is 24.0 Å². The largest absolute Gasteiger partial charge is 0.373 e. The van der Waals surface area contributed by atoms with Crippen molar-refractivity contribution in [1.82, 2.24) is 10.3 Å². The molecule has 3 nitrogen and oxygen atoms in total. The normalized spacial score (nSPS) is 15.1. The van der Waals surface area contributed by atoms with E-state index < -0.39 is 0 Å². The van der Waals surface area contributed by atoms with Gasteiger partial charge in [0.25, 0.3) is 0 Å². The fraction of sp³-hybridized carbons (Fsp3) is 0.667. The van der Waals surface area contributed by atoms with Gasteiger partial charge < -0.3 is 10.2 Å². The lowest BCUT2D eigenvalue weighted by molar-refractivity contribution is 0.583. The van der Waals surface area contributed by atoms with Crippen LogP contribution in [0.15, 0.2) is 18.5 Å². The van der Waals surface area contributed by atoms with Gasteiger partial charge in [-0.1, -0.05) is 13.8 Å². The summed E-state index contributed by atoms with van der Waals surface area (Å²) in [7, 11) is 2.17. The monoisotopic (exact) mass is 247 g/mol. The van der Waals surface area contributed by atoms with Gasteiger partial charge in [0.05, 0.1) is 11.9 Å².